The number of ether oxygens (including phenoxy) is 3. The molecule has 1 aliphatic heterocycles. The second-order valence-electron chi connectivity index (χ2n) is 8.00. The van der Waals surface area contributed by atoms with Crippen molar-refractivity contribution in [2.45, 2.75) is 72.5 Å². The molecule has 0 aromatic carbocycles. The zero-order valence-electron chi connectivity index (χ0n) is 17.3. The standard InChI is InChI=1S/C19H33N3O4/c1-9-25-15-13(10-19(4,5)6)26-17(16(15)24-8)22-11(2)14(12(3)23)21-18(22)20-7/h13,15-17H,9-10H2,1-8H3,(H,20,21)/t13-,15-,16-,17?/m1/s1. The molecule has 0 aliphatic carbocycles. The Kier molecular flexibility index (Phi) is 6.47. The van der Waals surface area contributed by atoms with Crippen molar-refractivity contribution in [3.63, 3.8) is 0 Å². The summed E-state index contributed by atoms with van der Waals surface area (Å²) >= 11 is 0. The highest BCUT2D eigenvalue weighted by Crippen LogP contribution is 2.40. The second-order valence-corrected chi connectivity index (χ2v) is 8.00. The molecule has 0 radical (unpaired) electrons. The average molecular weight is 367 g/mol. The van der Waals surface area contributed by atoms with Crippen LogP contribution in [0.5, 0.6) is 0 Å². The van der Waals surface area contributed by atoms with Crippen LogP contribution in [0.2, 0.25) is 0 Å². The fourth-order valence-electron chi connectivity index (χ4n) is 3.66. The summed E-state index contributed by atoms with van der Waals surface area (Å²) in [6.45, 7) is 12.5. The number of ketones is 1. The number of rotatable bonds is 7. The normalized spacial score (nSPS) is 26.3. The molecule has 1 fully saturated rings. The summed E-state index contributed by atoms with van der Waals surface area (Å²) in [5.41, 5.74) is 1.30. The third-order valence-corrected chi connectivity index (χ3v) is 4.69. The van der Waals surface area contributed by atoms with E-state index in [9.17, 15) is 4.79 Å². The van der Waals surface area contributed by atoms with Gasteiger partial charge >= 0.3 is 0 Å². The van der Waals surface area contributed by atoms with Crippen molar-refractivity contribution < 1.29 is 19.0 Å². The van der Waals surface area contributed by atoms with Gasteiger partial charge in [-0.15, -0.1) is 0 Å². The van der Waals surface area contributed by atoms with Gasteiger partial charge in [-0.2, -0.15) is 0 Å². The maximum atomic E-state index is 11.9. The molecule has 1 aromatic rings. The molecule has 1 aromatic heterocycles. The van der Waals surface area contributed by atoms with E-state index in [1.54, 1.807) is 14.2 Å². The molecule has 1 saturated heterocycles. The van der Waals surface area contributed by atoms with Gasteiger partial charge in [-0.25, -0.2) is 4.98 Å². The Morgan fingerprint density at radius 3 is 2.46 bits per heavy atom. The number of methoxy groups -OCH3 is 1. The number of nitrogens with one attached hydrogen (secondary N) is 1. The molecule has 7 heteroatoms. The summed E-state index contributed by atoms with van der Waals surface area (Å²) in [5.74, 6) is 0.517. The number of Topliss-reactive ketones (excluding diaryl/α,β-unsaturated/α-hetero) is 1. The van der Waals surface area contributed by atoms with Crippen LogP contribution in [0.4, 0.5) is 5.95 Å². The number of aromatic nitrogens is 2. The van der Waals surface area contributed by atoms with Gasteiger partial charge in [0.2, 0.25) is 5.95 Å². The first-order chi connectivity index (χ1) is 12.1. The first-order valence-corrected chi connectivity index (χ1v) is 9.22. The quantitative estimate of drug-likeness (QED) is 0.746. The van der Waals surface area contributed by atoms with Crippen LogP contribution in [-0.4, -0.2) is 54.4 Å². The Balaban J connectivity index is 2.46. The van der Waals surface area contributed by atoms with Gasteiger partial charge in [-0.1, -0.05) is 20.8 Å². The highest BCUT2D eigenvalue weighted by atomic mass is 16.6. The zero-order valence-corrected chi connectivity index (χ0v) is 17.3. The van der Waals surface area contributed by atoms with Gasteiger partial charge in [0.25, 0.3) is 0 Å². The molecule has 1 N–H and O–H groups in total. The van der Waals surface area contributed by atoms with E-state index in [2.05, 4.69) is 31.1 Å². The van der Waals surface area contributed by atoms with E-state index in [4.69, 9.17) is 14.2 Å². The fraction of sp³-hybridized carbons (Fsp3) is 0.789. The first kappa shape index (κ1) is 20.9. The molecule has 4 atom stereocenters. The van der Waals surface area contributed by atoms with Crippen molar-refractivity contribution in [1.82, 2.24) is 9.55 Å². The number of hydrogen-bond donors (Lipinski definition) is 1. The Bertz CT molecular complexity index is 635. The molecule has 26 heavy (non-hydrogen) atoms. The molecule has 7 nitrogen and oxygen atoms in total. The maximum absolute atomic E-state index is 11.9. The van der Waals surface area contributed by atoms with Gasteiger partial charge in [-0.05, 0) is 25.7 Å². The van der Waals surface area contributed by atoms with Crippen molar-refractivity contribution in [3.05, 3.63) is 11.4 Å². The lowest BCUT2D eigenvalue weighted by molar-refractivity contribution is -0.0579. The van der Waals surface area contributed by atoms with Gasteiger partial charge in [0, 0.05) is 33.4 Å². The van der Waals surface area contributed by atoms with E-state index in [1.807, 2.05) is 18.4 Å². The van der Waals surface area contributed by atoms with E-state index < -0.39 is 6.23 Å². The van der Waals surface area contributed by atoms with E-state index in [1.165, 1.54) is 6.92 Å². The summed E-state index contributed by atoms with van der Waals surface area (Å²) in [4.78, 5) is 16.4. The van der Waals surface area contributed by atoms with E-state index in [-0.39, 0.29) is 29.5 Å². The maximum Gasteiger partial charge on any atom is 0.205 e. The SMILES string of the molecule is CCO[C@@H]1[C@@H](CC(C)(C)C)OC(n2c(NC)nc(C(C)=O)c2C)[C@@H]1OC. The Labute approximate surface area is 156 Å². The summed E-state index contributed by atoms with van der Waals surface area (Å²) in [7, 11) is 3.45. The van der Waals surface area contributed by atoms with Crippen LogP contribution < -0.4 is 5.32 Å². The van der Waals surface area contributed by atoms with Crippen LogP contribution in [0.1, 0.15) is 63.4 Å². The molecule has 1 aliphatic rings. The van der Waals surface area contributed by atoms with Crippen LogP contribution in [0.15, 0.2) is 0 Å². The van der Waals surface area contributed by atoms with E-state index in [0.29, 0.717) is 18.2 Å². The van der Waals surface area contributed by atoms with Gasteiger partial charge in [0.15, 0.2) is 12.0 Å². The fourth-order valence-corrected chi connectivity index (χ4v) is 3.66. The highest BCUT2D eigenvalue weighted by Gasteiger charge is 2.48. The summed E-state index contributed by atoms with van der Waals surface area (Å²) in [6.07, 6.45) is -0.135. The molecular weight excluding hydrogens is 334 g/mol. The van der Waals surface area contributed by atoms with Crippen molar-refractivity contribution in [2.75, 3.05) is 26.1 Å². The highest BCUT2D eigenvalue weighted by molar-refractivity contribution is 5.93. The smallest absolute Gasteiger partial charge is 0.205 e. The third-order valence-electron chi connectivity index (χ3n) is 4.69. The van der Waals surface area contributed by atoms with Crippen LogP contribution in [-0.2, 0) is 14.2 Å². The monoisotopic (exact) mass is 367 g/mol. The molecule has 0 bridgehead atoms. The average Bonchev–Trinajstić information content (AvgIpc) is 3.03. The molecule has 2 rings (SSSR count). The Hall–Kier alpha value is -1.44. The van der Waals surface area contributed by atoms with Crippen molar-refractivity contribution in [1.29, 1.82) is 0 Å². The first-order valence-electron chi connectivity index (χ1n) is 9.22. The van der Waals surface area contributed by atoms with Gasteiger partial charge in [-0.3, -0.25) is 9.36 Å². The second kappa shape index (κ2) is 8.06. The van der Waals surface area contributed by atoms with Crippen LogP contribution in [0.3, 0.4) is 0 Å². The van der Waals surface area contributed by atoms with Gasteiger partial charge in [0.1, 0.15) is 17.9 Å². The lowest BCUT2D eigenvalue weighted by Crippen LogP contribution is -2.37. The van der Waals surface area contributed by atoms with Gasteiger partial charge in [0.05, 0.1) is 6.10 Å². The number of anilines is 1. The minimum Gasteiger partial charge on any atom is -0.374 e. The van der Waals surface area contributed by atoms with Crippen LogP contribution >= 0.6 is 0 Å². The third kappa shape index (κ3) is 4.10. The number of carbonyl (C=O) groups is 1. The van der Waals surface area contributed by atoms with E-state index >= 15 is 0 Å². The van der Waals surface area contributed by atoms with E-state index in [0.717, 1.165) is 12.1 Å². The topological polar surface area (TPSA) is 74.6 Å². The summed E-state index contributed by atoms with van der Waals surface area (Å²) < 4.78 is 20.2. The summed E-state index contributed by atoms with van der Waals surface area (Å²) in [6, 6.07) is 0. The number of imidazole rings is 1. The zero-order chi connectivity index (χ0) is 19.6. The predicted molar refractivity (Wildman–Crippen MR) is 101 cm³/mol. The van der Waals surface area contributed by atoms with Crippen LogP contribution in [0, 0.1) is 12.3 Å². The lowest BCUT2D eigenvalue weighted by atomic mass is 9.87. The minimum atomic E-state index is -0.410. The molecule has 148 valence electrons. The lowest BCUT2D eigenvalue weighted by Gasteiger charge is -2.27. The van der Waals surface area contributed by atoms with Gasteiger partial charge < -0.3 is 19.5 Å². The van der Waals surface area contributed by atoms with Crippen molar-refractivity contribution in [2.24, 2.45) is 5.41 Å². The summed E-state index contributed by atoms with van der Waals surface area (Å²) in [5, 5.41) is 3.07. The molecular formula is C19H33N3O4. The Morgan fingerprint density at radius 1 is 1.35 bits per heavy atom. The number of nitrogens with zero attached hydrogens (tertiary/aromatic N) is 2. The Morgan fingerprint density at radius 2 is 2.00 bits per heavy atom. The van der Waals surface area contributed by atoms with Crippen LogP contribution in [0.25, 0.3) is 0 Å². The number of carbonyl (C=O) groups excluding carboxylic acids is 1. The predicted octanol–water partition coefficient (Wildman–Crippen LogP) is 3.19. The largest absolute Gasteiger partial charge is 0.374 e. The van der Waals surface area contributed by atoms with Crippen molar-refractivity contribution in [3.8, 4) is 0 Å². The number of hydrogen-bond acceptors (Lipinski definition) is 6. The molecule has 1 unspecified atom stereocenters. The molecule has 0 spiro atoms. The molecule has 0 saturated carbocycles. The molecule has 0 amide bonds. The minimum absolute atomic E-state index is 0.0719. The molecule has 2 heterocycles. The van der Waals surface area contributed by atoms with Crippen molar-refractivity contribution >= 4 is 11.7 Å².